The lowest BCUT2D eigenvalue weighted by Gasteiger charge is -2.22. The number of ether oxygens (including phenoxy) is 2. The normalized spacial score (nSPS) is 16.8. The Morgan fingerprint density at radius 1 is 1.20 bits per heavy atom. The van der Waals surface area contributed by atoms with E-state index in [0.29, 0.717) is 6.04 Å². The van der Waals surface area contributed by atoms with Crippen LogP contribution in [0.1, 0.15) is 32.7 Å². The highest BCUT2D eigenvalue weighted by Crippen LogP contribution is 2.19. The van der Waals surface area contributed by atoms with Gasteiger partial charge >= 0.3 is 0 Å². The van der Waals surface area contributed by atoms with Crippen LogP contribution in [-0.2, 0) is 4.74 Å². The van der Waals surface area contributed by atoms with E-state index in [1.165, 1.54) is 0 Å². The van der Waals surface area contributed by atoms with Crippen molar-refractivity contribution in [2.75, 3.05) is 13.2 Å². The third-order valence-corrected chi connectivity index (χ3v) is 3.41. The van der Waals surface area contributed by atoms with Crippen molar-refractivity contribution < 1.29 is 9.47 Å². The number of hydrogen-bond donors (Lipinski definition) is 0. The fraction of sp³-hybridized carbons (Fsp3) is 0.571. The van der Waals surface area contributed by atoms with Crippen molar-refractivity contribution in [1.29, 1.82) is 0 Å². The maximum absolute atomic E-state index is 5.92. The second kappa shape index (κ2) is 5.66. The van der Waals surface area contributed by atoms with Gasteiger partial charge in [0, 0.05) is 18.9 Å². The largest absolute Gasteiger partial charge is 0.487 e. The van der Waals surface area contributed by atoms with Crippen LogP contribution >= 0.6 is 0 Å². The summed E-state index contributed by atoms with van der Waals surface area (Å²) in [6.07, 6.45) is 9.56. The molecule has 20 heavy (non-hydrogen) atoms. The smallest absolute Gasteiger partial charge is 0.158 e. The molecule has 0 unspecified atom stereocenters. The van der Waals surface area contributed by atoms with Crippen molar-refractivity contribution in [2.45, 2.75) is 38.8 Å². The zero-order valence-electron chi connectivity index (χ0n) is 11.9. The summed E-state index contributed by atoms with van der Waals surface area (Å²) < 4.78 is 15.0. The predicted molar refractivity (Wildman–Crippen MR) is 74.2 cm³/mol. The van der Waals surface area contributed by atoms with Crippen molar-refractivity contribution in [1.82, 2.24) is 19.6 Å². The highest BCUT2D eigenvalue weighted by Gasteiger charge is 2.16. The van der Waals surface area contributed by atoms with Gasteiger partial charge in [-0.1, -0.05) is 0 Å². The molecule has 1 aliphatic heterocycles. The second-order valence-electron chi connectivity index (χ2n) is 5.32. The average molecular weight is 276 g/mol. The molecule has 0 bridgehead atoms. The van der Waals surface area contributed by atoms with E-state index in [2.05, 4.69) is 24.0 Å². The molecule has 1 aliphatic rings. The van der Waals surface area contributed by atoms with E-state index in [1.807, 2.05) is 23.3 Å². The summed E-state index contributed by atoms with van der Waals surface area (Å²) in [5.41, 5.74) is 0.945. The SMILES string of the molecule is CC(C)n1cc(-n2cc(OC3CCOCC3)cn2)cn1. The van der Waals surface area contributed by atoms with Gasteiger partial charge in [-0.3, -0.25) is 4.68 Å². The molecule has 0 radical (unpaired) electrons. The zero-order valence-corrected chi connectivity index (χ0v) is 11.9. The Kier molecular flexibility index (Phi) is 3.73. The number of nitrogens with zero attached hydrogens (tertiary/aromatic N) is 4. The van der Waals surface area contributed by atoms with Crippen LogP contribution in [0.25, 0.3) is 5.69 Å². The van der Waals surface area contributed by atoms with Gasteiger partial charge in [-0.2, -0.15) is 10.2 Å². The first-order valence-corrected chi connectivity index (χ1v) is 7.06. The minimum absolute atomic E-state index is 0.236. The molecule has 3 heterocycles. The van der Waals surface area contributed by atoms with Crippen LogP contribution in [0, 0.1) is 0 Å². The molecule has 108 valence electrons. The van der Waals surface area contributed by atoms with Gasteiger partial charge < -0.3 is 9.47 Å². The van der Waals surface area contributed by atoms with Gasteiger partial charge in [0.2, 0.25) is 0 Å². The van der Waals surface area contributed by atoms with Crippen molar-refractivity contribution in [3.8, 4) is 11.4 Å². The van der Waals surface area contributed by atoms with Gasteiger partial charge in [-0.15, -0.1) is 0 Å². The summed E-state index contributed by atoms with van der Waals surface area (Å²) in [5, 5.41) is 8.65. The number of hydrogen-bond acceptors (Lipinski definition) is 4. The van der Waals surface area contributed by atoms with E-state index in [9.17, 15) is 0 Å². The Morgan fingerprint density at radius 3 is 2.70 bits per heavy atom. The van der Waals surface area contributed by atoms with Crippen LogP contribution < -0.4 is 4.74 Å². The summed E-state index contributed by atoms with van der Waals surface area (Å²) in [7, 11) is 0. The zero-order chi connectivity index (χ0) is 13.9. The fourth-order valence-corrected chi connectivity index (χ4v) is 2.22. The van der Waals surface area contributed by atoms with E-state index in [-0.39, 0.29) is 6.10 Å². The molecule has 0 amide bonds. The molecule has 2 aromatic heterocycles. The van der Waals surface area contributed by atoms with E-state index in [1.54, 1.807) is 10.9 Å². The summed E-state index contributed by atoms with van der Waals surface area (Å²) >= 11 is 0. The first kappa shape index (κ1) is 13.2. The molecule has 2 aromatic rings. The quantitative estimate of drug-likeness (QED) is 0.859. The number of rotatable bonds is 4. The minimum Gasteiger partial charge on any atom is -0.487 e. The van der Waals surface area contributed by atoms with Gasteiger partial charge in [0.1, 0.15) is 11.8 Å². The molecule has 0 aliphatic carbocycles. The minimum atomic E-state index is 0.236. The maximum Gasteiger partial charge on any atom is 0.158 e. The van der Waals surface area contributed by atoms with Crippen LogP contribution in [0.15, 0.2) is 24.8 Å². The first-order valence-electron chi connectivity index (χ1n) is 7.06. The van der Waals surface area contributed by atoms with Crippen LogP contribution in [0.5, 0.6) is 5.75 Å². The van der Waals surface area contributed by atoms with Crippen LogP contribution in [0.4, 0.5) is 0 Å². The van der Waals surface area contributed by atoms with Gasteiger partial charge in [-0.05, 0) is 13.8 Å². The molecule has 0 saturated carbocycles. The lowest BCUT2D eigenvalue weighted by Crippen LogP contribution is -2.25. The van der Waals surface area contributed by atoms with Gasteiger partial charge in [-0.25, -0.2) is 4.68 Å². The molecule has 3 rings (SSSR count). The van der Waals surface area contributed by atoms with E-state index >= 15 is 0 Å². The number of aromatic nitrogens is 4. The molecule has 6 nitrogen and oxygen atoms in total. The average Bonchev–Trinajstić information content (AvgIpc) is 3.08. The van der Waals surface area contributed by atoms with E-state index in [0.717, 1.165) is 37.5 Å². The molecule has 6 heteroatoms. The predicted octanol–water partition coefficient (Wildman–Crippen LogP) is 2.21. The summed E-state index contributed by atoms with van der Waals surface area (Å²) in [6.45, 7) is 5.75. The van der Waals surface area contributed by atoms with Gasteiger partial charge in [0.25, 0.3) is 0 Å². The van der Waals surface area contributed by atoms with Gasteiger partial charge in [0.05, 0.1) is 38.0 Å². The summed E-state index contributed by atoms with van der Waals surface area (Å²) in [5.74, 6) is 0.800. The highest BCUT2D eigenvalue weighted by molar-refractivity contribution is 5.27. The molecule has 0 aromatic carbocycles. The molecule has 0 spiro atoms. The molecular formula is C14H20N4O2. The molecule has 1 fully saturated rings. The lowest BCUT2D eigenvalue weighted by molar-refractivity contribution is 0.0255. The highest BCUT2D eigenvalue weighted by atomic mass is 16.5. The molecule has 1 saturated heterocycles. The van der Waals surface area contributed by atoms with Crippen LogP contribution in [0.2, 0.25) is 0 Å². The Hall–Kier alpha value is -1.82. The van der Waals surface area contributed by atoms with Crippen molar-refractivity contribution >= 4 is 0 Å². The molecular weight excluding hydrogens is 256 g/mol. The van der Waals surface area contributed by atoms with Crippen LogP contribution in [-0.4, -0.2) is 38.9 Å². The topological polar surface area (TPSA) is 54.1 Å². The summed E-state index contributed by atoms with van der Waals surface area (Å²) in [4.78, 5) is 0. The fourth-order valence-electron chi connectivity index (χ4n) is 2.22. The Morgan fingerprint density at radius 2 is 2.00 bits per heavy atom. The maximum atomic E-state index is 5.92. The van der Waals surface area contributed by atoms with Crippen molar-refractivity contribution in [3.63, 3.8) is 0 Å². The lowest BCUT2D eigenvalue weighted by atomic mass is 10.1. The van der Waals surface area contributed by atoms with Crippen molar-refractivity contribution in [2.24, 2.45) is 0 Å². The Labute approximate surface area is 118 Å². The molecule has 0 N–H and O–H groups in total. The van der Waals surface area contributed by atoms with Crippen molar-refractivity contribution in [3.05, 3.63) is 24.8 Å². The monoisotopic (exact) mass is 276 g/mol. The standard InChI is InChI=1S/C14H20N4O2/c1-11(2)17-9-12(7-15-17)18-10-14(8-16-18)20-13-3-5-19-6-4-13/h7-11,13H,3-6H2,1-2H3. The second-order valence-corrected chi connectivity index (χ2v) is 5.32. The third kappa shape index (κ3) is 2.85. The Balaban J connectivity index is 1.69. The summed E-state index contributed by atoms with van der Waals surface area (Å²) in [6, 6.07) is 0.345. The Bertz CT molecular complexity index is 555. The molecule has 0 atom stereocenters. The third-order valence-electron chi connectivity index (χ3n) is 3.41. The van der Waals surface area contributed by atoms with Crippen LogP contribution in [0.3, 0.4) is 0 Å². The van der Waals surface area contributed by atoms with E-state index in [4.69, 9.17) is 9.47 Å². The van der Waals surface area contributed by atoms with E-state index < -0.39 is 0 Å². The van der Waals surface area contributed by atoms with Gasteiger partial charge in [0.15, 0.2) is 5.75 Å². The first-order chi connectivity index (χ1) is 9.72.